The van der Waals surface area contributed by atoms with Crippen molar-refractivity contribution in [3.05, 3.63) is 38.4 Å². The fraction of sp³-hybridized carbons (Fsp3) is 0.500. The Morgan fingerprint density at radius 3 is 2.30 bits per heavy atom. The maximum absolute atomic E-state index is 10.9. The number of rotatable bonds is 4. The van der Waals surface area contributed by atoms with E-state index in [1.807, 2.05) is 7.05 Å². The number of piperidine rings is 1. The molecule has 8 heteroatoms. The molecule has 20 heavy (non-hydrogen) atoms. The van der Waals surface area contributed by atoms with Crippen molar-refractivity contribution in [3.8, 4) is 5.75 Å². The van der Waals surface area contributed by atoms with E-state index < -0.39 is 21.2 Å². The quantitative estimate of drug-likeness (QED) is 0.618. The van der Waals surface area contributed by atoms with E-state index in [0.717, 1.165) is 38.1 Å². The lowest BCUT2D eigenvalue weighted by molar-refractivity contribution is -0.422. The van der Waals surface area contributed by atoms with E-state index in [4.69, 9.17) is 4.74 Å². The summed E-state index contributed by atoms with van der Waals surface area (Å²) < 4.78 is 5.68. The molecule has 2 rings (SSSR count). The monoisotopic (exact) mass is 281 g/mol. The van der Waals surface area contributed by atoms with Crippen LogP contribution in [0.2, 0.25) is 0 Å². The zero-order valence-electron chi connectivity index (χ0n) is 11.0. The smallest absolute Gasteiger partial charge is 0.349 e. The van der Waals surface area contributed by atoms with Crippen molar-refractivity contribution in [1.29, 1.82) is 0 Å². The first kappa shape index (κ1) is 14.2. The molecule has 0 saturated carbocycles. The lowest BCUT2D eigenvalue weighted by Gasteiger charge is -2.29. The van der Waals surface area contributed by atoms with Gasteiger partial charge in [0.2, 0.25) is 0 Å². The van der Waals surface area contributed by atoms with Crippen LogP contribution >= 0.6 is 0 Å². The Morgan fingerprint density at radius 1 is 1.15 bits per heavy atom. The molecule has 0 amide bonds. The van der Waals surface area contributed by atoms with Crippen LogP contribution in [-0.4, -0.2) is 41.0 Å². The van der Waals surface area contributed by atoms with Gasteiger partial charge in [0.1, 0.15) is 11.9 Å². The Bertz CT molecular complexity index is 526. The molecular weight excluding hydrogens is 266 g/mol. The molecule has 1 aliphatic rings. The van der Waals surface area contributed by atoms with Crippen molar-refractivity contribution in [2.45, 2.75) is 18.9 Å². The van der Waals surface area contributed by atoms with Crippen LogP contribution in [0.4, 0.5) is 11.4 Å². The molecule has 0 bridgehead atoms. The molecule has 0 aromatic heterocycles. The number of nitro benzene ring substituents is 2. The van der Waals surface area contributed by atoms with E-state index in [1.165, 1.54) is 6.07 Å². The van der Waals surface area contributed by atoms with Crippen LogP contribution in [0.25, 0.3) is 0 Å². The van der Waals surface area contributed by atoms with Crippen LogP contribution < -0.4 is 4.74 Å². The predicted octanol–water partition coefficient (Wildman–Crippen LogP) is 1.98. The molecular formula is C12H15N3O5. The fourth-order valence-electron chi connectivity index (χ4n) is 2.17. The molecule has 0 N–H and O–H groups in total. The van der Waals surface area contributed by atoms with Crippen LogP contribution in [0.5, 0.6) is 5.75 Å². The first-order chi connectivity index (χ1) is 9.47. The number of benzene rings is 1. The van der Waals surface area contributed by atoms with Gasteiger partial charge in [-0.2, -0.15) is 0 Å². The minimum atomic E-state index is -0.766. The Morgan fingerprint density at radius 2 is 1.75 bits per heavy atom. The third-order valence-electron chi connectivity index (χ3n) is 3.31. The summed E-state index contributed by atoms with van der Waals surface area (Å²) in [6.45, 7) is 1.81. The molecule has 8 nitrogen and oxygen atoms in total. The topological polar surface area (TPSA) is 98.8 Å². The molecule has 1 saturated heterocycles. The summed E-state index contributed by atoms with van der Waals surface area (Å²) >= 11 is 0. The standard InChI is InChI=1S/C12H15N3O5/c1-13-6-4-9(5-7-13)20-10-2-3-11(14(16)17)12(8-10)15(18)19/h2-3,8-9H,4-7H2,1H3. The van der Waals surface area contributed by atoms with E-state index in [9.17, 15) is 20.2 Å². The molecule has 1 aliphatic heterocycles. The van der Waals surface area contributed by atoms with Crippen molar-refractivity contribution < 1.29 is 14.6 Å². The highest BCUT2D eigenvalue weighted by atomic mass is 16.6. The molecule has 0 spiro atoms. The SMILES string of the molecule is CN1CCC(Oc2ccc([N+](=O)[O-])c([N+](=O)[O-])c2)CC1. The third kappa shape index (κ3) is 3.21. The first-order valence-corrected chi connectivity index (χ1v) is 6.25. The Balaban J connectivity index is 2.15. The van der Waals surface area contributed by atoms with Crippen molar-refractivity contribution in [2.24, 2.45) is 0 Å². The maximum atomic E-state index is 10.9. The van der Waals surface area contributed by atoms with Crippen LogP contribution in [0.3, 0.4) is 0 Å². The number of nitrogens with zero attached hydrogens (tertiary/aromatic N) is 3. The normalized spacial score (nSPS) is 16.9. The summed E-state index contributed by atoms with van der Waals surface area (Å²) in [5, 5.41) is 21.6. The van der Waals surface area contributed by atoms with Gasteiger partial charge in [0.05, 0.1) is 15.9 Å². The van der Waals surface area contributed by atoms with Gasteiger partial charge in [0.25, 0.3) is 0 Å². The van der Waals surface area contributed by atoms with Crippen molar-refractivity contribution >= 4 is 11.4 Å². The number of nitro groups is 2. The molecule has 1 aromatic rings. The van der Waals surface area contributed by atoms with E-state index in [0.29, 0.717) is 5.75 Å². The van der Waals surface area contributed by atoms with Gasteiger partial charge in [-0.1, -0.05) is 0 Å². The highest BCUT2D eigenvalue weighted by Crippen LogP contribution is 2.31. The molecule has 0 unspecified atom stereocenters. The first-order valence-electron chi connectivity index (χ1n) is 6.25. The van der Waals surface area contributed by atoms with Gasteiger partial charge in [0.15, 0.2) is 0 Å². The van der Waals surface area contributed by atoms with Crippen molar-refractivity contribution in [2.75, 3.05) is 20.1 Å². The molecule has 108 valence electrons. The van der Waals surface area contributed by atoms with Crippen LogP contribution in [-0.2, 0) is 0 Å². The summed E-state index contributed by atoms with van der Waals surface area (Å²) in [5.41, 5.74) is -1.06. The highest BCUT2D eigenvalue weighted by Gasteiger charge is 2.26. The van der Waals surface area contributed by atoms with E-state index in [-0.39, 0.29) is 6.10 Å². The van der Waals surface area contributed by atoms with Gasteiger partial charge >= 0.3 is 11.4 Å². The number of ether oxygens (including phenoxy) is 1. The third-order valence-corrected chi connectivity index (χ3v) is 3.31. The summed E-state index contributed by atoms with van der Waals surface area (Å²) in [6, 6.07) is 3.64. The molecule has 0 radical (unpaired) electrons. The van der Waals surface area contributed by atoms with E-state index in [2.05, 4.69) is 4.90 Å². The average Bonchev–Trinajstić information content (AvgIpc) is 2.41. The van der Waals surface area contributed by atoms with Gasteiger partial charge in [-0.3, -0.25) is 20.2 Å². The second-order valence-corrected chi connectivity index (χ2v) is 4.79. The summed E-state index contributed by atoms with van der Waals surface area (Å²) in [6.07, 6.45) is 1.66. The van der Waals surface area contributed by atoms with Crippen LogP contribution in [0.1, 0.15) is 12.8 Å². The molecule has 1 heterocycles. The van der Waals surface area contributed by atoms with Gasteiger partial charge in [0, 0.05) is 19.2 Å². The lowest BCUT2D eigenvalue weighted by Crippen LogP contribution is -2.35. The average molecular weight is 281 g/mol. The van der Waals surface area contributed by atoms with Gasteiger partial charge in [-0.05, 0) is 26.0 Å². The zero-order chi connectivity index (χ0) is 14.7. The van der Waals surface area contributed by atoms with Crippen molar-refractivity contribution in [3.63, 3.8) is 0 Å². The van der Waals surface area contributed by atoms with Crippen LogP contribution in [0.15, 0.2) is 18.2 Å². The predicted molar refractivity (Wildman–Crippen MR) is 70.9 cm³/mol. The van der Waals surface area contributed by atoms with Crippen molar-refractivity contribution in [1.82, 2.24) is 4.90 Å². The molecule has 0 atom stereocenters. The summed E-state index contributed by atoms with van der Waals surface area (Å²) in [7, 11) is 2.02. The number of likely N-dealkylation sites (tertiary alicyclic amines) is 1. The van der Waals surface area contributed by atoms with E-state index in [1.54, 1.807) is 0 Å². The zero-order valence-corrected chi connectivity index (χ0v) is 11.0. The Labute approximate surface area is 115 Å². The highest BCUT2D eigenvalue weighted by molar-refractivity contribution is 5.55. The second-order valence-electron chi connectivity index (χ2n) is 4.79. The Hall–Kier alpha value is -2.22. The number of hydrogen-bond donors (Lipinski definition) is 0. The maximum Gasteiger partial charge on any atom is 0.349 e. The number of hydrogen-bond acceptors (Lipinski definition) is 6. The lowest BCUT2D eigenvalue weighted by atomic mass is 10.1. The molecule has 1 fully saturated rings. The second kappa shape index (κ2) is 5.83. The Kier molecular flexibility index (Phi) is 4.14. The van der Waals surface area contributed by atoms with Gasteiger partial charge in [-0.15, -0.1) is 0 Å². The van der Waals surface area contributed by atoms with Gasteiger partial charge in [-0.25, -0.2) is 0 Å². The minimum absolute atomic E-state index is 0.00717. The summed E-state index contributed by atoms with van der Waals surface area (Å²) in [4.78, 5) is 22.2. The minimum Gasteiger partial charge on any atom is -0.490 e. The van der Waals surface area contributed by atoms with Gasteiger partial charge < -0.3 is 9.64 Å². The fourth-order valence-corrected chi connectivity index (χ4v) is 2.17. The van der Waals surface area contributed by atoms with Crippen LogP contribution in [0, 0.1) is 20.2 Å². The van der Waals surface area contributed by atoms with E-state index >= 15 is 0 Å². The largest absolute Gasteiger partial charge is 0.490 e. The molecule has 1 aromatic carbocycles. The molecule has 0 aliphatic carbocycles. The summed E-state index contributed by atoms with van der Waals surface area (Å²) in [5.74, 6) is 0.303.